The number of hydrogen-bond donors (Lipinski definition) is 2. The van der Waals surface area contributed by atoms with Crippen molar-refractivity contribution in [2.75, 3.05) is 5.73 Å². The molecule has 0 spiro atoms. The minimum atomic E-state index is 0.514. The Labute approximate surface area is 108 Å². The SMILES string of the molecule is Cc1cc(C)c(CCc2nc(N)[nH]c2C)c(C)c1. The van der Waals surface area contributed by atoms with Crippen LogP contribution in [-0.4, -0.2) is 9.97 Å². The van der Waals surface area contributed by atoms with Gasteiger partial charge in [-0.15, -0.1) is 0 Å². The van der Waals surface area contributed by atoms with Crippen LogP contribution in [0, 0.1) is 27.7 Å². The van der Waals surface area contributed by atoms with Crippen molar-refractivity contribution in [3.05, 3.63) is 45.8 Å². The molecule has 0 atom stereocenters. The smallest absolute Gasteiger partial charge is 0.197 e. The molecule has 1 heterocycles. The Morgan fingerprint density at radius 3 is 2.17 bits per heavy atom. The summed E-state index contributed by atoms with van der Waals surface area (Å²) in [5.74, 6) is 0.514. The van der Waals surface area contributed by atoms with Crippen molar-refractivity contribution in [3.8, 4) is 0 Å². The molecular weight excluding hydrogens is 222 g/mol. The largest absolute Gasteiger partial charge is 0.369 e. The average molecular weight is 243 g/mol. The summed E-state index contributed by atoms with van der Waals surface area (Å²) >= 11 is 0. The van der Waals surface area contributed by atoms with Gasteiger partial charge in [0.25, 0.3) is 0 Å². The van der Waals surface area contributed by atoms with Gasteiger partial charge in [-0.05, 0) is 57.2 Å². The van der Waals surface area contributed by atoms with Crippen molar-refractivity contribution in [1.29, 1.82) is 0 Å². The number of hydrogen-bond acceptors (Lipinski definition) is 2. The Kier molecular flexibility index (Phi) is 3.41. The molecule has 1 aromatic heterocycles. The lowest BCUT2D eigenvalue weighted by atomic mass is 9.95. The Morgan fingerprint density at radius 1 is 1.06 bits per heavy atom. The summed E-state index contributed by atoms with van der Waals surface area (Å²) in [4.78, 5) is 7.37. The van der Waals surface area contributed by atoms with Gasteiger partial charge in [0.1, 0.15) is 0 Å². The summed E-state index contributed by atoms with van der Waals surface area (Å²) in [6.45, 7) is 8.53. The average Bonchev–Trinajstić information content (AvgIpc) is 2.55. The zero-order chi connectivity index (χ0) is 13.3. The molecule has 0 fully saturated rings. The summed E-state index contributed by atoms with van der Waals surface area (Å²) in [7, 11) is 0. The van der Waals surface area contributed by atoms with E-state index >= 15 is 0 Å². The molecule has 3 heteroatoms. The van der Waals surface area contributed by atoms with Crippen LogP contribution in [-0.2, 0) is 12.8 Å². The van der Waals surface area contributed by atoms with Crippen LogP contribution in [0.15, 0.2) is 12.1 Å². The van der Waals surface area contributed by atoms with Gasteiger partial charge in [-0.25, -0.2) is 4.98 Å². The van der Waals surface area contributed by atoms with Gasteiger partial charge in [0.05, 0.1) is 5.69 Å². The molecule has 2 aromatic rings. The highest BCUT2D eigenvalue weighted by Crippen LogP contribution is 2.19. The van der Waals surface area contributed by atoms with Crippen LogP contribution in [0.25, 0.3) is 0 Å². The first kappa shape index (κ1) is 12.7. The van der Waals surface area contributed by atoms with Crippen LogP contribution in [0.3, 0.4) is 0 Å². The lowest BCUT2D eigenvalue weighted by molar-refractivity contribution is 0.897. The number of aryl methyl sites for hydroxylation is 5. The van der Waals surface area contributed by atoms with Crippen LogP contribution in [0.4, 0.5) is 5.95 Å². The van der Waals surface area contributed by atoms with E-state index in [9.17, 15) is 0 Å². The van der Waals surface area contributed by atoms with Crippen molar-refractivity contribution in [3.63, 3.8) is 0 Å². The Hall–Kier alpha value is -1.77. The van der Waals surface area contributed by atoms with E-state index in [-0.39, 0.29) is 0 Å². The number of anilines is 1. The third-order valence-corrected chi connectivity index (χ3v) is 3.46. The number of benzene rings is 1. The van der Waals surface area contributed by atoms with Gasteiger partial charge in [0.2, 0.25) is 0 Å². The van der Waals surface area contributed by atoms with Gasteiger partial charge >= 0.3 is 0 Å². The second kappa shape index (κ2) is 4.84. The highest BCUT2D eigenvalue weighted by Gasteiger charge is 2.08. The van der Waals surface area contributed by atoms with Gasteiger partial charge < -0.3 is 10.7 Å². The lowest BCUT2D eigenvalue weighted by Gasteiger charge is -2.10. The molecule has 0 bridgehead atoms. The predicted molar refractivity (Wildman–Crippen MR) is 75.8 cm³/mol. The van der Waals surface area contributed by atoms with E-state index in [2.05, 4.69) is 42.9 Å². The second-order valence-electron chi connectivity index (χ2n) is 5.07. The second-order valence-corrected chi connectivity index (χ2v) is 5.07. The molecule has 2 rings (SSSR count). The Bertz CT molecular complexity index is 544. The third kappa shape index (κ3) is 2.55. The highest BCUT2D eigenvalue weighted by atomic mass is 15.0. The molecule has 96 valence electrons. The van der Waals surface area contributed by atoms with Crippen LogP contribution >= 0.6 is 0 Å². The molecule has 0 saturated carbocycles. The van der Waals surface area contributed by atoms with Gasteiger partial charge in [-0.2, -0.15) is 0 Å². The summed E-state index contributed by atoms with van der Waals surface area (Å²) in [6.07, 6.45) is 1.95. The fraction of sp³-hybridized carbons (Fsp3) is 0.400. The van der Waals surface area contributed by atoms with Gasteiger partial charge in [-0.1, -0.05) is 17.7 Å². The first-order valence-electron chi connectivity index (χ1n) is 6.35. The molecular formula is C15H21N3. The number of aromatic amines is 1. The minimum Gasteiger partial charge on any atom is -0.369 e. The number of nitrogens with zero attached hydrogens (tertiary/aromatic N) is 1. The molecule has 3 N–H and O–H groups in total. The van der Waals surface area contributed by atoms with Gasteiger partial charge in [-0.3, -0.25) is 0 Å². The Balaban J connectivity index is 2.18. The fourth-order valence-electron chi connectivity index (χ4n) is 2.61. The van der Waals surface area contributed by atoms with E-state index in [4.69, 9.17) is 5.73 Å². The molecule has 0 unspecified atom stereocenters. The molecule has 0 radical (unpaired) electrons. The Morgan fingerprint density at radius 2 is 1.67 bits per heavy atom. The van der Waals surface area contributed by atoms with E-state index in [1.165, 1.54) is 22.3 Å². The molecule has 18 heavy (non-hydrogen) atoms. The van der Waals surface area contributed by atoms with Crippen LogP contribution in [0.5, 0.6) is 0 Å². The molecule has 0 aliphatic carbocycles. The highest BCUT2D eigenvalue weighted by molar-refractivity contribution is 5.38. The van der Waals surface area contributed by atoms with Crippen molar-refractivity contribution >= 4 is 5.95 Å². The van der Waals surface area contributed by atoms with Crippen LogP contribution in [0.1, 0.15) is 33.6 Å². The maximum absolute atomic E-state index is 5.66. The molecule has 0 amide bonds. The van der Waals surface area contributed by atoms with Crippen molar-refractivity contribution in [1.82, 2.24) is 9.97 Å². The predicted octanol–water partition coefficient (Wildman–Crippen LogP) is 3.01. The number of H-pyrrole nitrogens is 1. The zero-order valence-electron chi connectivity index (χ0n) is 11.6. The van der Waals surface area contributed by atoms with Crippen molar-refractivity contribution in [2.45, 2.75) is 40.5 Å². The van der Waals surface area contributed by atoms with Crippen molar-refractivity contribution < 1.29 is 0 Å². The summed E-state index contributed by atoms with van der Waals surface area (Å²) in [6, 6.07) is 4.49. The normalized spacial score (nSPS) is 10.9. The van der Waals surface area contributed by atoms with Crippen LogP contribution < -0.4 is 5.73 Å². The molecule has 3 nitrogen and oxygen atoms in total. The first-order valence-corrected chi connectivity index (χ1v) is 6.35. The van der Waals surface area contributed by atoms with Crippen molar-refractivity contribution in [2.24, 2.45) is 0 Å². The fourth-order valence-corrected chi connectivity index (χ4v) is 2.61. The third-order valence-electron chi connectivity index (χ3n) is 3.46. The summed E-state index contributed by atoms with van der Waals surface area (Å²) in [5, 5.41) is 0. The molecule has 1 aromatic carbocycles. The molecule has 0 aliphatic rings. The van der Waals surface area contributed by atoms with E-state index in [1.807, 2.05) is 6.92 Å². The molecule has 0 aliphatic heterocycles. The topological polar surface area (TPSA) is 54.7 Å². The zero-order valence-corrected chi connectivity index (χ0v) is 11.6. The number of nitrogen functional groups attached to an aromatic ring is 1. The van der Waals surface area contributed by atoms with E-state index in [0.29, 0.717) is 5.95 Å². The number of rotatable bonds is 3. The number of nitrogens with one attached hydrogen (secondary N) is 1. The summed E-state index contributed by atoms with van der Waals surface area (Å²) in [5.41, 5.74) is 13.3. The number of nitrogens with two attached hydrogens (primary N) is 1. The summed E-state index contributed by atoms with van der Waals surface area (Å²) < 4.78 is 0. The molecule has 0 saturated heterocycles. The quantitative estimate of drug-likeness (QED) is 0.870. The maximum Gasteiger partial charge on any atom is 0.197 e. The minimum absolute atomic E-state index is 0.514. The first-order chi connectivity index (χ1) is 8.47. The van der Waals surface area contributed by atoms with Crippen LogP contribution in [0.2, 0.25) is 0 Å². The number of aromatic nitrogens is 2. The lowest BCUT2D eigenvalue weighted by Crippen LogP contribution is -1.99. The van der Waals surface area contributed by atoms with E-state index < -0.39 is 0 Å². The van der Waals surface area contributed by atoms with Gasteiger partial charge in [0, 0.05) is 5.69 Å². The standard InChI is InChI=1S/C15H21N3/c1-9-7-10(2)13(11(3)8-9)5-6-14-12(4)17-15(16)18-14/h7-8H,5-6H2,1-4H3,(H3,16,17,18). The monoisotopic (exact) mass is 243 g/mol. The van der Waals surface area contributed by atoms with E-state index in [0.717, 1.165) is 24.2 Å². The maximum atomic E-state index is 5.66. The van der Waals surface area contributed by atoms with E-state index in [1.54, 1.807) is 0 Å². The van der Waals surface area contributed by atoms with Gasteiger partial charge in [0.15, 0.2) is 5.95 Å². The number of imidazole rings is 1.